The summed E-state index contributed by atoms with van der Waals surface area (Å²) in [5.74, 6) is 0.649. The normalized spacial score (nSPS) is 18.4. The highest BCUT2D eigenvalue weighted by atomic mass is 32.2. The first-order valence-corrected chi connectivity index (χ1v) is 7.65. The molecule has 0 aromatic heterocycles. The molecule has 19 heavy (non-hydrogen) atoms. The fourth-order valence-electron chi connectivity index (χ4n) is 2.19. The van der Waals surface area contributed by atoms with Gasteiger partial charge in [0.1, 0.15) is 0 Å². The molecule has 1 aromatic rings. The van der Waals surface area contributed by atoms with Gasteiger partial charge >= 0.3 is 0 Å². The summed E-state index contributed by atoms with van der Waals surface area (Å²) in [7, 11) is 0. The maximum Gasteiger partial charge on any atom is 0.232 e. The van der Waals surface area contributed by atoms with Gasteiger partial charge in [-0.05, 0) is 38.3 Å². The molecule has 2 rings (SSSR count). The zero-order valence-electron chi connectivity index (χ0n) is 11.6. The van der Waals surface area contributed by atoms with E-state index >= 15 is 0 Å². The van der Waals surface area contributed by atoms with Crippen molar-refractivity contribution in [1.82, 2.24) is 4.90 Å². The molecule has 3 nitrogen and oxygen atoms in total. The number of rotatable bonds is 3. The Morgan fingerprint density at radius 3 is 2.63 bits per heavy atom. The van der Waals surface area contributed by atoms with E-state index in [9.17, 15) is 9.90 Å². The molecule has 1 aromatic carbocycles. The first kappa shape index (κ1) is 14.4. The van der Waals surface area contributed by atoms with Crippen LogP contribution in [0.15, 0.2) is 29.2 Å². The zero-order chi connectivity index (χ0) is 13.9. The van der Waals surface area contributed by atoms with E-state index in [-0.39, 0.29) is 5.91 Å². The van der Waals surface area contributed by atoms with Gasteiger partial charge in [0.15, 0.2) is 0 Å². The summed E-state index contributed by atoms with van der Waals surface area (Å²) in [6, 6.07) is 8.12. The number of piperidine rings is 1. The quantitative estimate of drug-likeness (QED) is 0.864. The van der Waals surface area contributed by atoms with Gasteiger partial charge in [-0.2, -0.15) is 0 Å². The summed E-state index contributed by atoms with van der Waals surface area (Å²) in [5.41, 5.74) is 0.613. The molecular weight excluding hydrogens is 258 g/mol. The van der Waals surface area contributed by atoms with E-state index in [1.165, 1.54) is 10.5 Å². The Bertz CT molecular complexity index is 449. The van der Waals surface area contributed by atoms with Crippen molar-refractivity contribution in [3.63, 3.8) is 0 Å². The fraction of sp³-hybridized carbons (Fsp3) is 0.533. The van der Waals surface area contributed by atoms with Gasteiger partial charge in [0.05, 0.1) is 11.4 Å². The van der Waals surface area contributed by atoms with Crippen molar-refractivity contribution in [1.29, 1.82) is 0 Å². The average molecular weight is 279 g/mol. The molecule has 0 aliphatic carbocycles. The highest BCUT2D eigenvalue weighted by Crippen LogP contribution is 2.24. The van der Waals surface area contributed by atoms with Crippen LogP contribution in [0.5, 0.6) is 0 Å². The number of aliphatic hydroxyl groups is 1. The van der Waals surface area contributed by atoms with E-state index in [4.69, 9.17) is 0 Å². The van der Waals surface area contributed by atoms with Crippen LogP contribution in [0.1, 0.15) is 25.3 Å². The minimum absolute atomic E-state index is 0.170. The lowest BCUT2D eigenvalue weighted by atomic mass is 9.94. The third kappa shape index (κ3) is 3.98. The standard InChI is InChI=1S/C15H21NO2S/c1-12-5-3-4-6-13(12)19-11-14(17)16-9-7-15(2,18)8-10-16/h3-6,18H,7-11H2,1-2H3. The molecule has 0 atom stereocenters. The Morgan fingerprint density at radius 1 is 1.37 bits per heavy atom. The Morgan fingerprint density at radius 2 is 2.00 bits per heavy atom. The molecular formula is C15H21NO2S. The molecule has 1 N–H and O–H groups in total. The molecule has 1 fully saturated rings. The molecule has 1 saturated heterocycles. The second kappa shape index (κ2) is 5.97. The predicted octanol–water partition coefficient (Wildman–Crippen LogP) is 2.46. The maximum absolute atomic E-state index is 12.1. The van der Waals surface area contributed by atoms with Crippen molar-refractivity contribution in [2.24, 2.45) is 0 Å². The lowest BCUT2D eigenvalue weighted by molar-refractivity contribution is -0.132. The Kier molecular flexibility index (Phi) is 4.53. The number of amides is 1. The van der Waals surface area contributed by atoms with Crippen molar-refractivity contribution in [2.75, 3.05) is 18.8 Å². The van der Waals surface area contributed by atoms with Gasteiger partial charge in [-0.15, -0.1) is 11.8 Å². The smallest absolute Gasteiger partial charge is 0.232 e. The van der Waals surface area contributed by atoms with Crippen molar-refractivity contribution >= 4 is 17.7 Å². The summed E-state index contributed by atoms with van der Waals surface area (Å²) in [5, 5.41) is 9.88. The van der Waals surface area contributed by atoms with Crippen LogP contribution in [0.2, 0.25) is 0 Å². The topological polar surface area (TPSA) is 40.5 Å². The maximum atomic E-state index is 12.1. The molecule has 0 bridgehead atoms. The Hall–Kier alpha value is -1.00. The minimum Gasteiger partial charge on any atom is -0.390 e. The zero-order valence-corrected chi connectivity index (χ0v) is 12.4. The highest BCUT2D eigenvalue weighted by Gasteiger charge is 2.29. The van der Waals surface area contributed by atoms with Crippen LogP contribution in [0.25, 0.3) is 0 Å². The molecule has 0 saturated carbocycles. The van der Waals surface area contributed by atoms with Gasteiger partial charge < -0.3 is 10.0 Å². The molecule has 4 heteroatoms. The molecule has 0 radical (unpaired) electrons. The Labute approximate surface area is 119 Å². The van der Waals surface area contributed by atoms with Gasteiger partial charge in [0.2, 0.25) is 5.91 Å². The molecule has 1 amide bonds. The number of hydrogen-bond acceptors (Lipinski definition) is 3. The second-order valence-electron chi connectivity index (χ2n) is 5.43. The SMILES string of the molecule is Cc1ccccc1SCC(=O)N1CCC(C)(O)CC1. The van der Waals surface area contributed by atoms with Crippen molar-refractivity contribution in [3.8, 4) is 0 Å². The number of carbonyl (C=O) groups is 1. The lowest BCUT2D eigenvalue weighted by Crippen LogP contribution is -2.45. The molecule has 0 spiro atoms. The molecule has 104 valence electrons. The van der Waals surface area contributed by atoms with E-state index in [0.717, 1.165) is 0 Å². The fourth-order valence-corrected chi connectivity index (χ4v) is 3.12. The number of hydrogen-bond donors (Lipinski definition) is 1. The molecule has 1 heterocycles. The molecule has 1 aliphatic heterocycles. The number of likely N-dealkylation sites (tertiary alicyclic amines) is 1. The summed E-state index contributed by atoms with van der Waals surface area (Å²) < 4.78 is 0. The summed E-state index contributed by atoms with van der Waals surface area (Å²) >= 11 is 1.59. The van der Waals surface area contributed by atoms with Crippen LogP contribution >= 0.6 is 11.8 Å². The van der Waals surface area contributed by atoms with Gasteiger partial charge in [-0.1, -0.05) is 18.2 Å². The van der Waals surface area contributed by atoms with Gasteiger partial charge in [0, 0.05) is 18.0 Å². The highest BCUT2D eigenvalue weighted by molar-refractivity contribution is 8.00. The lowest BCUT2D eigenvalue weighted by Gasteiger charge is -2.35. The summed E-state index contributed by atoms with van der Waals surface area (Å²) in [4.78, 5) is 15.1. The number of benzene rings is 1. The summed E-state index contributed by atoms with van der Waals surface area (Å²) in [6.45, 7) is 5.24. The number of nitrogens with zero attached hydrogens (tertiary/aromatic N) is 1. The molecule has 1 aliphatic rings. The first-order valence-electron chi connectivity index (χ1n) is 6.66. The van der Waals surface area contributed by atoms with Crippen LogP contribution in [0.4, 0.5) is 0 Å². The minimum atomic E-state index is -0.597. The van der Waals surface area contributed by atoms with Crippen LogP contribution < -0.4 is 0 Å². The predicted molar refractivity (Wildman–Crippen MR) is 78.3 cm³/mol. The van der Waals surface area contributed by atoms with Gasteiger partial charge in [-0.25, -0.2) is 0 Å². The van der Waals surface area contributed by atoms with Crippen LogP contribution in [-0.4, -0.2) is 40.4 Å². The number of aryl methyl sites for hydroxylation is 1. The number of carbonyl (C=O) groups excluding carboxylic acids is 1. The second-order valence-corrected chi connectivity index (χ2v) is 6.45. The van der Waals surface area contributed by atoms with E-state index in [1.807, 2.05) is 30.0 Å². The molecule has 0 unspecified atom stereocenters. The van der Waals surface area contributed by atoms with E-state index < -0.39 is 5.60 Å². The van der Waals surface area contributed by atoms with Crippen LogP contribution in [0.3, 0.4) is 0 Å². The van der Waals surface area contributed by atoms with Crippen LogP contribution in [0, 0.1) is 6.92 Å². The first-order chi connectivity index (χ1) is 8.98. The van der Waals surface area contributed by atoms with Crippen molar-refractivity contribution in [2.45, 2.75) is 37.2 Å². The van der Waals surface area contributed by atoms with E-state index in [2.05, 4.69) is 13.0 Å². The Balaban J connectivity index is 1.84. The third-order valence-corrected chi connectivity index (χ3v) is 4.80. The average Bonchev–Trinajstić information content (AvgIpc) is 2.37. The van der Waals surface area contributed by atoms with Gasteiger partial charge in [-0.3, -0.25) is 4.79 Å². The monoisotopic (exact) mass is 279 g/mol. The third-order valence-electron chi connectivity index (χ3n) is 3.64. The summed E-state index contributed by atoms with van der Waals surface area (Å²) in [6.07, 6.45) is 1.35. The van der Waals surface area contributed by atoms with E-state index in [0.29, 0.717) is 31.7 Å². The van der Waals surface area contributed by atoms with Crippen molar-refractivity contribution in [3.05, 3.63) is 29.8 Å². The van der Waals surface area contributed by atoms with Crippen molar-refractivity contribution < 1.29 is 9.90 Å². The largest absolute Gasteiger partial charge is 0.390 e. The van der Waals surface area contributed by atoms with E-state index in [1.54, 1.807) is 11.8 Å². The number of thioether (sulfide) groups is 1. The van der Waals surface area contributed by atoms with Crippen LogP contribution in [-0.2, 0) is 4.79 Å². The van der Waals surface area contributed by atoms with Gasteiger partial charge in [0.25, 0.3) is 0 Å².